The Labute approximate surface area is 54.6 Å². The van der Waals surface area contributed by atoms with Crippen molar-refractivity contribution in [3.8, 4) is 0 Å². The maximum atomic E-state index is 3.98. The van der Waals surface area contributed by atoms with Crippen LogP contribution in [0.1, 0.15) is 12.7 Å². The highest BCUT2D eigenvalue weighted by molar-refractivity contribution is 5.44. The van der Waals surface area contributed by atoms with Gasteiger partial charge in [0.15, 0.2) is 0 Å². The number of allylic oxidation sites excluding steroid dienone is 1. The van der Waals surface area contributed by atoms with E-state index < -0.39 is 0 Å². The monoisotopic (exact) mass is 121 g/mol. The van der Waals surface area contributed by atoms with E-state index in [1.54, 1.807) is 12.4 Å². The summed E-state index contributed by atoms with van der Waals surface area (Å²) in [5, 5.41) is 0. The minimum atomic E-state index is 0.863. The number of aromatic amines is 1. The number of imidazole rings is 1. The lowest BCUT2D eigenvalue weighted by atomic mass is 10.3. The Bertz CT molecular complexity index is 193. The average Bonchev–Trinajstić information content (AvgIpc) is 2.15. The number of hydrogen-bond acceptors (Lipinski definition) is 1. The molecule has 0 aliphatic heterocycles. The summed E-state index contributed by atoms with van der Waals surface area (Å²) in [5.74, 6) is 0.863. The predicted octanol–water partition coefficient (Wildman–Crippen LogP) is 1.65. The van der Waals surface area contributed by atoms with Crippen molar-refractivity contribution < 1.29 is 0 Å². The summed E-state index contributed by atoms with van der Waals surface area (Å²) < 4.78 is 0. The van der Waals surface area contributed by atoms with Gasteiger partial charge < -0.3 is 4.98 Å². The van der Waals surface area contributed by atoms with E-state index in [0.717, 1.165) is 11.4 Å². The molecule has 0 spiro atoms. The molecule has 1 aromatic rings. The largest absolute Gasteiger partial charge is 0.345 e. The molecule has 0 unspecified atom stereocenters. The minimum Gasteiger partial charge on any atom is -0.345 e. The molecule has 0 aliphatic carbocycles. The van der Waals surface area contributed by atoms with Crippen molar-refractivity contribution in [2.24, 2.45) is 0 Å². The van der Waals surface area contributed by atoms with E-state index in [1.165, 1.54) is 0 Å². The lowest BCUT2D eigenvalue weighted by molar-refractivity contribution is 1.26. The standard InChI is InChI=1S/C7H9N2/c1-6(2)5-7-8-3-4-9-7/h3-5H,1H2,2H3,(H,8,9). The number of hydrogen-bond donors (Lipinski definition) is 1. The van der Waals surface area contributed by atoms with Crippen molar-refractivity contribution in [2.45, 2.75) is 6.92 Å². The summed E-state index contributed by atoms with van der Waals surface area (Å²) in [7, 11) is 0. The summed E-state index contributed by atoms with van der Waals surface area (Å²) in [6.07, 6.45) is 5.39. The molecule has 0 atom stereocenters. The first-order chi connectivity index (χ1) is 4.29. The molecule has 47 valence electrons. The van der Waals surface area contributed by atoms with Crippen LogP contribution in [0.5, 0.6) is 0 Å². The van der Waals surface area contributed by atoms with Gasteiger partial charge in [0.1, 0.15) is 5.82 Å². The van der Waals surface area contributed by atoms with Gasteiger partial charge in [0.25, 0.3) is 0 Å². The van der Waals surface area contributed by atoms with Gasteiger partial charge in [-0.05, 0) is 19.9 Å². The second-order valence-corrected chi connectivity index (χ2v) is 1.97. The molecule has 0 aromatic carbocycles. The molecular formula is C7H9N2. The molecule has 0 bridgehead atoms. The van der Waals surface area contributed by atoms with Crippen molar-refractivity contribution in [3.63, 3.8) is 0 Å². The third-order valence-electron chi connectivity index (χ3n) is 0.902. The highest BCUT2D eigenvalue weighted by Gasteiger charge is 1.84. The van der Waals surface area contributed by atoms with Crippen molar-refractivity contribution in [1.82, 2.24) is 9.97 Å². The van der Waals surface area contributed by atoms with Crippen molar-refractivity contribution in [1.29, 1.82) is 0 Å². The molecule has 0 amide bonds. The first-order valence-corrected chi connectivity index (χ1v) is 2.78. The summed E-state index contributed by atoms with van der Waals surface area (Å²) >= 11 is 0. The second kappa shape index (κ2) is 2.49. The molecule has 1 heterocycles. The number of aromatic nitrogens is 2. The fraction of sp³-hybridized carbons (Fsp3) is 0.143. The molecule has 0 fully saturated rings. The second-order valence-electron chi connectivity index (χ2n) is 1.97. The van der Waals surface area contributed by atoms with Crippen LogP contribution in [-0.4, -0.2) is 9.97 Å². The topological polar surface area (TPSA) is 28.7 Å². The van der Waals surface area contributed by atoms with Crippen LogP contribution in [0, 0.1) is 6.92 Å². The average molecular weight is 121 g/mol. The van der Waals surface area contributed by atoms with Gasteiger partial charge in [0.2, 0.25) is 0 Å². The SMILES string of the molecule is [CH2]C(C)=Cc1ncc[nH]1. The van der Waals surface area contributed by atoms with Crippen molar-refractivity contribution in [3.05, 3.63) is 30.7 Å². The Balaban J connectivity index is 2.80. The molecule has 1 rings (SSSR count). The molecule has 1 radical (unpaired) electrons. The smallest absolute Gasteiger partial charge is 0.129 e. The van der Waals surface area contributed by atoms with Gasteiger partial charge in [-0.3, -0.25) is 0 Å². The van der Waals surface area contributed by atoms with E-state index in [0.29, 0.717) is 0 Å². The van der Waals surface area contributed by atoms with Gasteiger partial charge in [-0.15, -0.1) is 0 Å². The van der Waals surface area contributed by atoms with E-state index in [1.807, 2.05) is 13.0 Å². The van der Waals surface area contributed by atoms with Gasteiger partial charge in [-0.25, -0.2) is 4.98 Å². The molecule has 2 heteroatoms. The van der Waals surface area contributed by atoms with Crippen LogP contribution in [0.15, 0.2) is 18.0 Å². The molecule has 9 heavy (non-hydrogen) atoms. The third-order valence-corrected chi connectivity index (χ3v) is 0.902. The Kier molecular flexibility index (Phi) is 1.68. The first-order valence-electron chi connectivity index (χ1n) is 2.78. The fourth-order valence-corrected chi connectivity index (χ4v) is 0.590. The summed E-state index contributed by atoms with van der Waals surface area (Å²) in [4.78, 5) is 6.93. The molecule has 2 nitrogen and oxygen atoms in total. The fourth-order valence-electron chi connectivity index (χ4n) is 0.590. The Morgan fingerprint density at radius 2 is 2.67 bits per heavy atom. The molecule has 1 aromatic heterocycles. The van der Waals surface area contributed by atoms with Crippen LogP contribution in [0.4, 0.5) is 0 Å². The highest BCUT2D eigenvalue weighted by atomic mass is 14.9. The first kappa shape index (κ1) is 6.08. The summed E-state index contributed by atoms with van der Waals surface area (Å²) in [6.45, 7) is 5.65. The van der Waals surface area contributed by atoms with Crippen LogP contribution in [-0.2, 0) is 0 Å². The predicted molar refractivity (Wildman–Crippen MR) is 37.6 cm³/mol. The van der Waals surface area contributed by atoms with Gasteiger partial charge in [0, 0.05) is 12.4 Å². The van der Waals surface area contributed by atoms with Crippen LogP contribution in [0.25, 0.3) is 6.08 Å². The van der Waals surface area contributed by atoms with E-state index in [2.05, 4.69) is 16.9 Å². The van der Waals surface area contributed by atoms with Gasteiger partial charge >= 0.3 is 0 Å². The van der Waals surface area contributed by atoms with E-state index in [9.17, 15) is 0 Å². The Morgan fingerprint density at radius 1 is 1.89 bits per heavy atom. The molecule has 0 aliphatic rings. The van der Waals surface area contributed by atoms with Gasteiger partial charge in [-0.1, -0.05) is 5.57 Å². The summed E-state index contributed by atoms with van der Waals surface area (Å²) in [6, 6.07) is 0. The van der Waals surface area contributed by atoms with Crippen LogP contribution >= 0.6 is 0 Å². The zero-order valence-electron chi connectivity index (χ0n) is 5.39. The van der Waals surface area contributed by atoms with E-state index in [-0.39, 0.29) is 0 Å². The number of H-pyrrole nitrogens is 1. The zero-order valence-corrected chi connectivity index (χ0v) is 5.39. The molecular weight excluding hydrogens is 112 g/mol. The highest BCUT2D eigenvalue weighted by Crippen LogP contribution is 1.97. The minimum absolute atomic E-state index is 0.863. The van der Waals surface area contributed by atoms with Gasteiger partial charge in [-0.2, -0.15) is 0 Å². The zero-order chi connectivity index (χ0) is 6.69. The third kappa shape index (κ3) is 1.72. The normalized spacial score (nSPS) is 12.0. The van der Waals surface area contributed by atoms with E-state index >= 15 is 0 Å². The maximum Gasteiger partial charge on any atom is 0.129 e. The van der Waals surface area contributed by atoms with Crippen LogP contribution < -0.4 is 0 Å². The van der Waals surface area contributed by atoms with Crippen LogP contribution in [0.2, 0.25) is 0 Å². The lowest BCUT2D eigenvalue weighted by Crippen LogP contribution is -1.73. The van der Waals surface area contributed by atoms with Crippen LogP contribution in [0.3, 0.4) is 0 Å². The summed E-state index contributed by atoms with van der Waals surface area (Å²) in [5.41, 5.74) is 1.00. The van der Waals surface area contributed by atoms with Crippen molar-refractivity contribution >= 4 is 6.08 Å². The van der Waals surface area contributed by atoms with Crippen molar-refractivity contribution in [2.75, 3.05) is 0 Å². The number of nitrogens with one attached hydrogen (secondary N) is 1. The molecule has 1 N–H and O–H groups in total. The molecule has 0 saturated carbocycles. The number of nitrogens with zero attached hydrogens (tertiary/aromatic N) is 1. The quantitative estimate of drug-likeness (QED) is 0.601. The Hall–Kier alpha value is -1.05. The lowest BCUT2D eigenvalue weighted by Gasteiger charge is -1.84. The van der Waals surface area contributed by atoms with E-state index in [4.69, 9.17) is 0 Å². The van der Waals surface area contributed by atoms with Gasteiger partial charge in [0.05, 0.1) is 0 Å². The maximum absolute atomic E-state index is 3.98. The number of rotatable bonds is 1. The Morgan fingerprint density at radius 3 is 3.11 bits per heavy atom. The molecule has 0 saturated heterocycles.